The van der Waals surface area contributed by atoms with Crippen molar-refractivity contribution >= 4 is 34.8 Å². The lowest BCUT2D eigenvalue weighted by Gasteiger charge is -2.29. The lowest BCUT2D eigenvalue weighted by molar-refractivity contribution is -0.157. The molecule has 0 aliphatic carbocycles. The maximum atomic E-state index is 12.5. The number of piperidine rings is 1. The minimum atomic E-state index is -4.65. The summed E-state index contributed by atoms with van der Waals surface area (Å²) >= 11 is 11.9. The highest BCUT2D eigenvalue weighted by Gasteiger charge is 2.39. The van der Waals surface area contributed by atoms with Crippen molar-refractivity contribution in [1.29, 1.82) is 0 Å². The molecule has 1 amide bonds. The van der Waals surface area contributed by atoms with E-state index < -0.39 is 12.1 Å². The Morgan fingerprint density at radius 2 is 1.96 bits per heavy atom. The lowest BCUT2D eigenvalue weighted by atomic mass is 9.97. The summed E-state index contributed by atoms with van der Waals surface area (Å²) in [6, 6.07) is 4.94. The van der Waals surface area contributed by atoms with E-state index in [0.29, 0.717) is 36.6 Å². The van der Waals surface area contributed by atoms with E-state index in [2.05, 4.69) is 15.5 Å². The Hall–Kier alpha value is -1.84. The number of hydrogen-bond acceptors (Lipinski definition) is 5. The molecule has 1 aromatic heterocycles. The molecule has 146 valence electrons. The van der Waals surface area contributed by atoms with Crippen LogP contribution in [0.4, 0.5) is 18.9 Å². The van der Waals surface area contributed by atoms with Gasteiger partial charge in [-0.25, -0.2) is 0 Å². The van der Waals surface area contributed by atoms with Crippen molar-refractivity contribution in [2.24, 2.45) is 0 Å². The number of aromatic nitrogens is 2. The molecule has 1 aromatic carbocycles. The number of amides is 1. The van der Waals surface area contributed by atoms with Crippen molar-refractivity contribution in [3.63, 3.8) is 0 Å². The molecule has 6 nitrogen and oxygen atoms in total. The van der Waals surface area contributed by atoms with Crippen molar-refractivity contribution in [2.75, 3.05) is 25.0 Å². The second-order valence-electron chi connectivity index (χ2n) is 6.14. The molecular formula is C16H15Cl2F3N4O2. The number of halogens is 5. The summed E-state index contributed by atoms with van der Waals surface area (Å²) in [5.74, 6) is -1.86. The summed E-state index contributed by atoms with van der Waals surface area (Å²) in [5.41, 5.74) is 0.426. The van der Waals surface area contributed by atoms with E-state index in [4.69, 9.17) is 27.6 Å². The van der Waals surface area contributed by atoms with Crippen LogP contribution >= 0.6 is 23.2 Å². The first-order chi connectivity index (χ1) is 12.7. The van der Waals surface area contributed by atoms with E-state index in [1.165, 1.54) is 0 Å². The molecule has 0 unspecified atom stereocenters. The van der Waals surface area contributed by atoms with Crippen LogP contribution in [0, 0.1) is 0 Å². The number of carbonyl (C=O) groups excluding carboxylic acids is 1. The Bertz CT molecular complexity index is 820. The van der Waals surface area contributed by atoms with Gasteiger partial charge in [0, 0.05) is 5.92 Å². The van der Waals surface area contributed by atoms with Crippen LogP contribution in [-0.4, -0.2) is 40.6 Å². The van der Waals surface area contributed by atoms with Gasteiger partial charge < -0.3 is 9.73 Å². The number of rotatable bonds is 4. The molecule has 0 saturated carbocycles. The monoisotopic (exact) mass is 422 g/mol. The van der Waals surface area contributed by atoms with Crippen molar-refractivity contribution in [3.05, 3.63) is 40.0 Å². The summed E-state index contributed by atoms with van der Waals surface area (Å²) in [6.07, 6.45) is -3.61. The van der Waals surface area contributed by atoms with Crippen LogP contribution < -0.4 is 5.32 Å². The number of nitrogens with one attached hydrogen (secondary N) is 1. The summed E-state index contributed by atoms with van der Waals surface area (Å²) < 4.78 is 42.4. The number of likely N-dealkylation sites (tertiary alicyclic amines) is 1. The number of alkyl halides is 3. The van der Waals surface area contributed by atoms with Crippen LogP contribution in [0.25, 0.3) is 0 Å². The summed E-state index contributed by atoms with van der Waals surface area (Å²) in [4.78, 5) is 14.1. The summed E-state index contributed by atoms with van der Waals surface area (Å²) in [5, 5.41) is 9.86. The first-order valence-corrected chi connectivity index (χ1v) is 8.86. The largest absolute Gasteiger partial charge is 0.470 e. The molecular weight excluding hydrogens is 408 g/mol. The quantitative estimate of drug-likeness (QED) is 0.798. The van der Waals surface area contributed by atoms with Gasteiger partial charge in [-0.3, -0.25) is 9.69 Å². The minimum absolute atomic E-state index is 0.0165. The van der Waals surface area contributed by atoms with Gasteiger partial charge in [-0.15, -0.1) is 10.2 Å². The average molecular weight is 423 g/mol. The van der Waals surface area contributed by atoms with Crippen molar-refractivity contribution in [2.45, 2.75) is 24.9 Å². The van der Waals surface area contributed by atoms with E-state index in [1.54, 1.807) is 18.2 Å². The molecule has 11 heteroatoms. The zero-order valence-corrected chi connectivity index (χ0v) is 15.4. The summed E-state index contributed by atoms with van der Waals surface area (Å²) in [6.45, 7) is 1.17. The molecule has 0 spiro atoms. The SMILES string of the molecule is O=C(CN1CCC(c2nnc(C(F)(F)F)o2)CC1)Nc1cccc(Cl)c1Cl. The predicted molar refractivity (Wildman–Crippen MR) is 92.8 cm³/mol. The fraction of sp³-hybridized carbons (Fsp3) is 0.438. The maximum absolute atomic E-state index is 12.5. The normalized spacial score (nSPS) is 16.5. The highest BCUT2D eigenvalue weighted by atomic mass is 35.5. The zero-order valence-electron chi connectivity index (χ0n) is 13.9. The molecule has 2 heterocycles. The third-order valence-corrected chi connectivity index (χ3v) is 5.03. The van der Waals surface area contributed by atoms with Gasteiger partial charge in [0.1, 0.15) is 0 Å². The lowest BCUT2D eigenvalue weighted by Crippen LogP contribution is -2.38. The van der Waals surface area contributed by atoms with Crippen molar-refractivity contribution in [1.82, 2.24) is 15.1 Å². The summed E-state index contributed by atoms with van der Waals surface area (Å²) in [7, 11) is 0. The standard InChI is InChI=1S/C16H15Cl2F3N4O2/c17-10-2-1-3-11(13(10)18)22-12(26)8-25-6-4-9(5-7-25)14-23-24-15(27-14)16(19,20)21/h1-3,9H,4-8H2,(H,22,26). The number of benzene rings is 1. The van der Waals surface area contributed by atoms with Gasteiger partial charge in [0.15, 0.2) is 0 Å². The van der Waals surface area contributed by atoms with Gasteiger partial charge in [0.2, 0.25) is 11.8 Å². The topological polar surface area (TPSA) is 71.3 Å². The molecule has 0 bridgehead atoms. The van der Waals surface area contributed by atoms with Crippen LogP contribution in [-0.2, 0) is 11.0 Å². The second-order valence-corrected chi connectivity index (χ2v) is 6.93. The molecule has 1 N–H and O–H groups in total. The average Bonchev–Trinajstić information content (AvgIpc) is 3.10. The van der Waals surface area contributed by atoms with Crippen molar-refractivity contribution in [3.8, 4) is 0 Å². The van der Waals surface area contributed by atoms with Crippen molar-refractivity contribution < 1.29 is 22.4 Å². The highest BCUT2D eigenvalue weighted by molar-refractivity contribution is 6.43. The van der Waals surface area contributed by atoms with Crippen LogP contribution in [0.5, 0.6) is 0 Å². The van der Waals surface area contributed by atoms with E-state index in [1.807, 2.05) is 4.90 Å². The number of hydrogen-bond donors (Lipinski definition) is 1. The van der Waals surface area contributed by atoms with Gasteiger partial charge in [-0.2, -0.15) is 13.2 Å². The van der Waals surface area contributed by atoms with Gasteiger partial charge in [0.25, 0.3) is 0 Å². The number of anilines is 1. The second kappa shape index (κ2) is 8.04. The molecule has 0 atom stereocenters. The molecule has 27 heavy (non-hydrogen) atoms. The molecule has 3 rings (SSSR count). The smallest absolute Gasteiger partial charge is 0.417 e. The number of nitrogens with zero attached hydrogens (tertiary/aromatic N) is 3. The molecule has 0 radical (unpaired) electrons. The Labute approximate surface area is 162 Å². The Morgan fingerprint density at radius 1 is 1.26 bits per heavy atom. The van der Waals surface area contributed by atoms with Crippen LogP contribution in [0.3, 0.4) is 0 Å². The Kier molecular flexibility index (Phi) is 5.92. The van der Waals surface area contributed by atoms with Crippen LogP contribution in [0.2, 0.25) is 10.0 Å². The van der Waals surface area contributed by atoms with Crippen LogP contribution in [0.1, 0.15) is 30.5 Å². The molecule has 1 fully saturated rings. The van der Waals surface area contributed by atoms with Crippen LogP contribution in [0.15, 0.2) is 22.6 Å². The first-order valence-electron chi connectivity index (χ1n) is 8.11. The van der Waals surface area contributed by atoms with E-state index in [-0.39, 0.29) is 29.3 Å². The molecule has 2 aromatic rings. The van der Waals surface area contributed by atoms with Gasteiger partial charge in [-0.1, -0.05) is 29.3 Å². The maximum Gasteiger partial charge on any atom is 0.470 e. The number of carbonyl (C=O) groups is 1. The van der Waals surface area contributed by atoms with Gasteiger partial charge in [0.05, 0.1) is 22.3 Å². The zero-order chi connectivity index (χ0) is 19.6. The predicted octanol–water partition coefficient (Wildman–Crippen LogP) is 4.21. The van der Waals surface area contributed by atoms with E-state index >= 15 is 0 Å². The Balaban J connectivity index is 1.51. The van der Waals surface area contributed by atoms with E-state index in [9.17, 15) is 18.0 Å². The molecule has 1 aliphatic rings. The van der Waals surface area contributed by atoms with E-state index in [0.717, 1.165) is 0 Å². The third-order valence-electron chi connectivity index (χ3n) is 4.21. The Morgan fingerprint density at radius 3 is 2.59 bits per heavy atom. The minimum Gasteiger partial charge on any atom is -0.417 e. The van der Waals surface area contributed by atoms with Gasteiger partial charge in [-0.05, 0) is 38.1 Å². The highest BCUT2D eigenvalue weighted by Crippen LogP contribution is 2.33. The van der Waals surface area contributed by atoms with Gasteiger partial charge >= 0.3 is 12.1 Å². The fourth-order valence-corrected chi connectivity index (χ4v) is 3.19. The first kappa shape index (κ1) is 19.9. The third kappa shape index (κ3) is 4.91. The molecule has 1 aliphatic heterocycles. The molecule has 1 saturated heterocycles. The fourth-order valence-electron chi connectivity index (χ4n) is 2.85.